The van der Waals surface area contributed by atoms with Crippen LogP contribution in [0.3, 0.4) is 0 Å². The lowest BCUT2D eigenvalue weighted by molar-refractivity contribution is -0.0504. The van der Waals surface area contributed by atoms with Crippen molar-refractivity contribution in [3.05, 3.63) is 29.3 Å². The average molecular weight is 303 g/mol. The van der Waals surface area contributed by atoms with Gasteiger partial charge in [-0.15, -0.1) is 0 Å². The molecule has 2 bridgehead atoms. The molecule has 22 heavy (non-hydrogen) atoms. The predicted octanol–water partition coefficient (Wildman–Crippen LogP) is 3.34. The smallest absolute Gasteiger partial charge is 0.115 e. The summed E-state index contributed by atoms with van der Waals surface area (Å²) in [5.74, 6) is 0.983. The summed E-state index contributed by atoms with van der Waals surface area (Å²) in [4.78, 5) is 2.62. The normalized spacial score (nSPS) is 31.9. The Balaban J connectivity index is 1.94. The van der Waals surface area contributed by atoms with Gasteiger partial charge in [0.15, 0.2) is 0 Å². The van der Waals surface area contributed by atoms with Crippen LogP contribution in [-0.4, -0.2) is 41.8 Å². The van der Waals surface area contributed by atoms with Gasteiger partial charge in [-0.2, -0.15) is 0 Å². The molecule has 1 aliphatic heterocycles. The van der Waals surface area contributed by atoms with E-state index in [2.05, 4.69) is 38.7 Å². The van der Waals surface area contributed by atoms with Gasteiger partial charge in [0, 0.05) is 19.7 Å². The maximum Gasteiger partial charge on any atom is 0.115 e. The number of phenolic OH excluding ortho intramolecular Hbond substituents is 1. The predicted molar refractivity (Wildman–Crippen MR) is 89.4 cm³/mol. The van der Waals surface area contributed by atoms with Crippen LogP contribution >= 0.6 is 0 Å². The number of nitrogens with zero attached hydrogens (tertiary/aromatic N) is 1. The Labute approximate surface area is 134 Å². The number of hydrogen-bond acceptors (Lipinski definition) is 3. The molecule has 1 heterocycles. The van der Waals surface area contributed by atoms with Gasteiger partial charge in [0.05, 0.1) is 5.60 Å². The molecule has 1 fully saturated rings. The van der Waals surface area contributed by atoms with Crippen LogP contribution in [-0.2, 0) is 16.6 Å². The van der Waals surface area contributed by atoms with Crippen molar-refractivity contribution in [3.63, 3.8) is 0 Å². The molecule has 0 saturated carbocycles. The third kappa shape index (κ3) is 2.44. The number of ether oxygens (including phenoxy) is 1. The van der Waals surface area contributed by atoms with Gasteiger partial charge in [-0.05, 0) is 67.8 Å². The van der Waals surface area contributed by atoms with E-state index >= 15 is 0 Å². The third-order valence-electron chi connectivity index (χ3n) is 6.24. The highest BCUT2D eigenvalue weighted by Gasteiger charge is 2.49. The zero-order valence-electron chi connectivity index (χ0n) is 14.5. The van der Waals surface area contributed by atoms with E-state index in [-0.39, 0.29) is 11.0 Å². The Morgan fingerprint density at radius 2 is 2.14 bits per heavy atom. The summed E-state index contributed by atoms with van der Waals surface area (Å²) in [6, 6.07) is 6.51. The van der Waals surface area contributed by atoms with Crippen LogP contribution in [0.2, 0.25) is 0 Å². The monoisotopic (exact) mass is 303 g/mol. The number of phenols is 1. The van der Waals surface area contributed by atoms with Gasteiger partial charge in [-0.3, -0.25) is 4.90 Å². The van der Waals surface area contributed by atoms with E-state index in [9.17, 15) is 5.11 Å². The van der Waals surface area contributed by atoms with E-state index < -0.39 is 0 Å². The highest BCUT2D eigenvalue weighted by molar-refractivity contribution is 5.44. The molecule has 0 aromatic heterocycles. The number of aromatic hydroxyl groups is 1. The Kier molecular flexibility index (Phi) is 3.77. The molecule has 3 rings (SSSR count). The van der Waals surface area contributed by atoms with Gasteiger partial charge in [-0.25, -0.2) is 0 Å². The largest absolute Gasteiger partial charge is 0.508 e. The number of fused-ring (bicyclic) bond motifs is 4. The standard InChI is InChI=1S/C19H29NO2/c1-13-17-10-14-6-7-15(21)11-16(14)19(13,4)8-9-20(17)12-18(2,3)22-5/h6-7,11,13,17,21H,8-10,12H2,1-5H3/t13-,17-,19-/m1/s1. The van der Waals surface area contributed by atoms with Crippen LogP contribution in [0.5, 0.6) is 5.75 Å². The number of likely N-dealkylation sites (tertiary alicyclic amines) is 1. The van der Waals surface area contributed by atoms with Crippen molar-refractivity contribution in [1.82, 2.24) is 4.90 Å². The molecule has 3 nitrogen and oxygen atoms in total. The zero-order valence-corrected chi connectivity index (χ0v) is 14.5. The Morgan fingerprint density at radius 1 is 1.41 bits per heavy atom. The van der Waals surface area contributed by atoms with Crippen molar-refractivity contribution >= 4 is 0 Å². The summed E-state index contributed by atoms with van der Waals surface area (Å²) in [6.07, 6.45) is 2.22. The summed E-state index contributed by atoms with van der Waals surface area (Å²) < 4.78 is 5.65. The fraction of sp³-hybridized carbons (Fsp3) is 0.684. The van der Waals surface area contributed by atoms with E-state index in [1.165, 1.54) is 11.1 Å². The molecule has 0 radical (unpaired) electrons. The minimum atomic E-state index is -0.108. The molecule has 0 spiro atoms. The topological polar surface area (TPSA) is 32.7 Å². The molecule has 2 aliphatic rings. The second-order valence-corrected chi connectivity index (χ2v) is 8.00. The van der Waals surface area contributed by atoms with Gasteiger partial charge in [-0.1, -0.05) is 19.9 Å². The highest BCUT2D eigenvalue weighted by atomic mass is 16.5. The summed E-state index contributed by atoms with van der Waals surface area (Å²) in [5, 5.41) is 9.90. The summed E-state index contributed by atoms with van der Waals surface area (Å²) in [6.45, 7) is 11.2. The van der Waals surface area contributed by atoms with Gasteiger partial charge in [0.25, 0.3) is 0 Å². The van der Waals surface area contributed by atoms with E-state index in [0.29, 0.717) is 17.7 Å². The lowest BCUT2D eigenvalue weighted by atomic mass is 9.59. The lowest BCUT2D eigenvalue weighted by Crippen LogP contribution is -2.60. The van der Waals surface area contributed by atoms with Gasteiger partial charge in [0.1, 0.15) is 5.75 Å². The van der Waals surface area contributed by atoms with Crippen LogP contribution in [0, 0.1) is 5.92 Å². The SMILES string of the molecule is COC(C)(C)CN1CC[C@@]2(C)c3cc(O)ccc3C[C@@H]1[C@H]2C. The van der Waals surface area contributed by atoms with E-state index in [0.717, 1.165) is 25.9 Å². The maximum absolute atomic E-state index is 9.90. The number of benzene rings is 1. The van der Waals surface area contributed by atoms with Gasteiger partial charge < -0.3 is 9.84 Å². The number of methoxy groups -OCH3 is 1. The molecule has 3 heteroatoms. The molecule has 0 unspecified atom stereocenters. The van der Waals surface area contributed by atoms with Gasteiger partial charge in [0.2, 0.25) is 0 Å². The van der Waals surface area contributed by atoms with Crippen LogP contribution < -0.4 is 0 Å². The molecule has 0 amide bonds. The Morgan fingerprint density at radius 3 is 2.82 bits per heavy atom. The minimum absolute atomic E-state index is 0.108. The molecule has 1 aliphatic carbocycles. The number of rotatable bonds is 3. The molecule has 1 aromatic rings. The van der Waals surface area contributed by atoms with Crippen LogP contribution in [0.25, 0.3) is 0 Å². The van der Waals surface area contributed by atoms with E-state index in [1.54, 1.807) is 7.11 Å². The fourth-order valence-electron chi connectivity index (χ4n) is 4.45. The summed E-state index contributed by atoms with van der Waals surface area (Å²) in [7, 11) is 1.80. The number of hydrogen-bond donors (Lipinski definition) is 1. The molecule has 122 valence electrons. The molecule has 1 aromatic carbocycles. The maximum atomic E-state index is 9.90. The second kappa shape index (κ2) is 5.24. The molecule has 3 atom stereocenters. The van der Waals surface area contributed by atoms with E-state index in [4.69, 9.17) is 4.74 Å². The quantitative estimate of drug-likeness (QED) is 0.929. The highest BCUT2D eigenvalue weighted by Crippen LogP contribution is 2.49. The minimum Gasteiger partial charge on any atom is -0.508 e. The van der Waals surface area contributed by atoms with Crippen LogP contribution in [0.15, 0.2) is 18.2 Å². The van der Waals surface area contributed by atoms with Crippen molar-refractivity contribution in [2.45, 2.75) is 57.6 Å². The van der Waals surface area contributed by atoms with Crippen LogP contribution in [0.1, 0.15) is 45.2 Å². The van der Waals surface area contributed by atoms with Crippen molar-refractivity contribution in [1.29, 1.82) is 0 Å². The molecule has 1 saturated heterocycles. The first-order chi connectivity index (χ1) is 10.3. The lowest BCUT2D eigenvalue weighted by Gasteiger charge is -2.55. The van der Waals surface area contributed by atoms with Gasteiger partial charge >= 0.3 is 0 Å². The first kappa shape index (κ1) is 15.8. The van der Waals surface area contributed by atoms with Crippen LogP contribution in [0.4, 0.5) is 0 Å². The first-order valence-corrected chi connectivity index (χ1v) is 8.38. The van der Waals surface area contributed by atoms with Crippen molar-refractivity contribution in [2.75, 3.05) is 20.2 Å². The molecular formula is C19H29NO2. The average Bonchev–Trinajstić information content (AvgIpc) is 2.47. The molecule has 1 N–H and O–H groups in total. The van der Waals surface area contributed by atoms with Crippen molar-refractivity contribution in [3.8, 4) is 5.75 Å². The second-order valence-electron chi connectivity index (χ2n) is 8.00. The van der Waals surface area contributed by atoms with Crippen molar-refractivity contribution < 1.29 is 9.84 Å². The summed E-state index contributed by atoms with van der Waals surface area (Å²) in [5.41, 5.74) is 2.83. The Hall–Kier alpha value is -1.06. The fourth-order valence-corrected chi connectivity index (χ4v) is 4.45. The zero-order chi connectivity index (χ0) is 16.1. The van der Waals surface area contributed by atoms with E-state index in [1.807, 2.05) is 12.1 Å². The Bertz CT molecular complexity index is 569. The third-order valence-corrected chi connectivity index (χ3v) is 6.24. The first-order valence-electron chi connectivity index (χ1n) is 8.38. The van der Waals surface area contributed by atoms with Crippen molar-refractivity contribution in [2.24, 2.45) is 5.92 Å². The molecular weight excluding hydrogens is 274 g/mol. The summed E-state index contributed by atoms with van der Waals surface area (Å²) >= 11 is 0. The number of piperidine rings is 1.